The molecule has 3 N–H and O–H groups in total. The Labute approximate surface area is 111 Å². The number of nitrogen functional groups attached to an aromatic ring is 1. The fourth-order valence-electron chi connectivity index (χ4n) is 1.60. The van der Waals surface area contributed by atoms with Gasteiger partial charge in [0.2, 0.25) is 10.0 Å². The SMILES string of the molecule is CCNS(=O)(=O)c1ccc(N)c(N(C)CC(F)F)c1. The molecule has 0 unspecified atom stereocenters. The Hall–Kier alpha value is -1.41. The minimum atomic E-state index is -3.63. The van der Waals surface area contributed by atoms with Crippen LogP contribution in [-0.2, 0) is 10.0 Å². The molecule has 0 spiro atoms. The highest BCUT2D eigenvalue weighted by molar-refractivity contribution is 7.89. The van der Waals surface area contributed by atoms with Crippen LogP contribution in [-0.4, -0.2) is 35.0 Å². The first-order valence-corrected chi connectivity index (χ1v) is 7.14. The van der Waals surface area contributed by atoms with Crippen molar-refractivity contribution in [2.75, 3.05) is 30.8 Å². The Bertz CT molecular complexity index is 535. The number of nitrogens with two attached hydrogens (primary N) is 1. The van der Waals surface area contributed by atoms with Crippen LogP contribution < -0.4 is 15.4 Å². The zero-order valence-electron chi connectivity index (χ0n) is 10.7. The topological polar surface area (TPSA) is 75.4 Å². The van der Waals surface area contributed by atoms with Crippen molar-refractivity contribution < 1.29 is 17.2 Å². The van der Waals surface area contributed by atoms with Crippen LogP contribution >= 0.6 is 0 Å². The maximum Gasteiger partial charge on any atom is 0.255 e. The van der Waals surface area contributed by atoms with Crippen LogP contribution in [0.3, 0.4) is 0 Å². The number of sulfonamides is 1. The molecular weight excluding hydrogens is 276 g/mol. The van der Waals surface area contributed by atoms with Crippen molar-refractivity contribution in [1.29, 1.82) is 0 Å². The van der Waals surface area contributed by atoms with Crippen LogP contribution in [0.15, 0.2) is 23.1 Å². The Balaban J connectivity index is 3.14. The van der Waals surface area contributed by atoms with Crippen molar-refractivity contribution in [3.63, 3.8) is 0 Å². The van der Waals surface area contributed by atoms with E-state index in [1.54, 1.807) is 6.92 Å². The zero-order chi connectivity index (χ0) is 14.6. The molecule has 0 saturated heterocycles. The summed E-state index contributed by atoms with van der Waals surface area (Å²) in [5, 5.41) is 0. The van der Waals surface area contributed by atoms with E-state index < -0.39 is 23.0 Å². The molecule has 0 saturated carbocycles. The summed E-state index contributed by atoms with van der Waals surface area (Å²) in [4.78, 5) is 1.23. The number of hydrogen-bond acceptors (Lipinski definition) is 4. The third kappa shape index (κ3) is 4.03. The summed E-state index contributed by atoms with van der Waals surface area (Å²) >= 11 is 0. The second-order valence-electron chi connectivity index (χ2n) is 3.99. The van der Waals surface area contributed by atoms with E-state index in [9.17, 15) is 17.2 Å². The summed E-state index contributed by atoms with van der Waals surface area (Å²) in [6, 6.07) is 4.02. The number of anilines is 2. The van der Waals surface area contributed by atoms with Gasteiger partial charge in [0.15, 0.2) is 0 Å². The van der Waals surface area contributed by atoms with Gasteiger partial charge in [-0.2, -0.15) is 0 Å². The van der Waals surface area contributed by atoms with Crippen LogP contribution in [0.1, 0.15) is 6.92 Å². The van der Waals surface area contributed by atoms with Crippen molar-refractivity contribution in [2.45, 2.75) is 18.2 Å². The quantitative estimate of drug-likeness (QED) is 0.775. The summed E-state index contributed by atoms with van der Waals surface area (Å²) in [6.45, 7) is 1.38. The number of hydrogen-bond donors (Lipinski definition) is 2. The molecule has 0 aliphatic rings. The minimum absolute atomic E-state index is 0.000309. The normalized spacial score (nSPS) is 11.8. The molecule has 1 aromatic rings. The van der Waals surface area contributed by atoms with E-state index in [-0.39, 0.29) is 22.8 Å². The monoisotopic (exact) mass is 293 g/mol. The Morgan fingerprint density at radius 1 is 1.42 bits per heavy atom. The lowest BCUT2D eigenvalue weighted by molar-refractivity contribution is 0.156. The lowest BCUT2D eigenvalue weighted by atomic mass is 10.2. The molecule has 0 amide bonds. The van der Waals surface area contributed by atoms with Gasteiger partial charge >= 0.3 is 0 Å². The number of nitrogens with zero attached hydrogens (tertiary/aromatic N) is 1. The molecule has 0 aliphatic heterocycles. The summed E-state index contributed by atoms with van der Waals surface area (Å²) in [7, 11) is -2.20. The van der Waals surface area contributed by atoms with Gasteiger partial charge in [-0.15, -0.1) is 0 Å². The van der Waals surface area contributed by atoms with Crippen molar-refractivity contribution in [3.8, 4) is 0 Å². The molecule has 0 radical (unpaired) electrons. The lowest BCUT2D eigenvalue weighted by Crippen LogP contribution is -2.26. The highest BCUT2D eigenvalue weighted by Gasteiger charge is 2.17. The molecule has 0 bridgehead atoms. The summed E-state index contributed by atoms with van der Waals surface area (Å²) in [5.74, 6) is 0. The summed E-state index contributed by atoms with van der Waals surface area (Å²) in [5.41, 5.74) is 6.19. The Kier molecular flexibility index (Phi) is 5.07. The first-order valence-electron chi connectivity index (χ1n) is 5.66. The molecule has 0 aliphatic carbocycles. The van der Waals surface area contributed by atoms with Crippen molar-refractivity contribution in [2.24, 2.45) is 0 Å². The third-order valence-corrected chi connectivity index (χ3v) is 4.01. The van der Waals surface area contributed by atoms with Crippen molar-refractivity contribution in [1.82, 2.24) is 4.72 Å². The molecule has 8 heteroatoms. The first-order chi connectivity index (χ1) is 8.77. The first kappa shape index (κ1) is 15.6. The zero-order valence-corrected chi connectivity index (χ0v) is 11.5. The van der Waals surface area contributed by atoms with Crippen LogP contribution in [0.25, 0.3) is 0 Å². The smallest absolute Gasteiger partial charge is 0.255 e. The Morgan fingerprint density at radius 3 is 2.58 bits per heavy atom. The molecule has 0 aromatic heterocycles. The summed E-state index contributed by atoms with van der Waals surface area (Å²) < 4.78 is 50.7. The highest BCUT2D eigenvalue weighted by Crippen LogP contribution is 2.26. The fourth-order valence-corrected chi connectivity index (χ4v) is 2.66. The van der Waals surface area contributed by atoms with E-state index in [4.69, 9.17) is 5.73 Å². The highest BCUT2D eigenvalue weighted by atomic mass is 32.2. The van der Waals surface area contributed by atoms with Gasteiger partial charge in [0, 0.05) is 13.6 Å². The van der Waals surface area contributed by atoms with Gasteiger partial charge in [0.1, 0.15) is 0 Å². The average molecular weight is 293 g/mol. The Morgan fingerprint density at radius 2 is 2.05 bits per heavy atom. The largest absolute Gasteiger partial charge is 0.397 e. The standard InChI is InChI=1S/C11H17F2N3O2S/c1-3-15-19(17,18)8-4-5-9(14)10(6-8)16(2)7-11(12)13/h4-6,11,15H,3,7,14H2,1-2H3. The lowest BCUT2D eigenvalue weighted by Gasteiger charge is -2.21. The number of alkyl halides is 2. The predicted octanol–water partition coefficient (Wildman–Crippen LogP) is 1.27. The van der Waals surface area contributed by atoms with Gasteiger partial charge in [0.05, 0.1) is 22.8 Å². The summed E-state index contributed by atoms with van der Waals surface area (Å²) in [6.07, 6.45) is -2.53. The van der Waals surface area contributed by atoms with Crippen LogP contribution in [0, 0.1) is 0 Å². The fraction of sp³-hybridized carbons (Fsp3) is 0.455. The molecule has 108 valence electrons. The van der Waals surface area contributed by atoms with E-state index in [0.717, 1.165) is 0 Å². The molecule has 5 nitrogen and oxygen atoms in total. The molecule has 1 rings (SSSR count). The average Bonchev–Trinajstić information content (AvgIpc) is 2.27. The van der Waals surface area contributed by atoms with Crippen molar-refractivity contribution >= 4 is 21.4 Å². The molecule has 1 aromatic carbocycles. The van der Waals surface area contributed by atoms with E-state index in [2.05, 4.69) is 4.72 Å². The van der Waals surface area contributed by atoms with Crippen LogP contribution in [0.5, 0.6) is 0 Å². The molecular formula is C11H17F2N3O2S. The van der Waals surface area contributed by atoms with Gasteiger partial charge in [-0.25, -0.2) is 21.9 Å². The third-order valence-electron chi connectivity index (χ3n) is 2.47. The van der Waals surface area contributed by atoms with E-state index in [1.165, 1.54) is 30.1 Å². The van der Waals surface area contributed by atoms with Gasteiger partial charge in [-0.1, -0.05) is 6.92 Å². The number of rotatable bonds is 6. The predicted molar refractivity (Wildman–Crippen MR) is 71.0 cm³/mol. The number of benzene rings is 1. The van der Waals surface area contributed by atoms with Crippen LogP contribution in [0.2, 0.25) is 0 Å². The van der Waals surface area contributed by atoms with Crippen molar-refractivity contribution in [3.05, 3.63) is 18.2 Å². The maximum absolute atomic E-state index is 12.3. The van der Waals surface area contributed by atoms with E-state index in [1.807, 2.05) is 0 Å². The second-order valence-corrected chi connectivity index (χ2v) is 5.76. The van der Waals surface area contributed by atoms with Crippen LogP contribution in [0.4, 0.5) is 20.2 Å². The van der Waals surface area contributed by atoms with E-state index in [0.29, 0.717) is 0 Å². The van der Waals surface area contributed by atoms with Gasteiger partial charge in [0.25, 0.3) is 6.43 Å². The number of halogens is 2. The van der Waals surface area contributed by atoms with Gasteiger partial charge < -0.3 is 10.6 Å². The molecule has 0 atom stereocenters. The number of nitrogens with one attached hydrogen (secondary N) is 1. The van der Waals surface area contributed by atoms with Gasteiger partial charge in [-0.05, 0) is 18.2 Å². The maximum atomic E-state index is 12.3. The second kappa shape index (κ2) is 6.16. The van der Waals surface area contributed by atoms with Gasteiger partial charge in [-0.3, -0.25) is 0 Å². The molecule has 0 fully saturated rings. The minimum Gasteiger partial charge on any atom is -0.397 e. The van der Waals surface area contributed by atoms with E-state index >= 15 is 0 Å². The molecule has 19 heavy (non-hydrogen) atoms. The molecule has 0 heterocycles.